The van der Waals surface area contributed by atoms with Gasteiger partial charge in [-0.3, -0.25) is 10.1 Å². The molecule has 2 aromatic carbocycles. The number of benzene rings is 2. The first-order valence-corrected chi connectivity index (χ1v) is 10.4. The van der Waals surface area contributed by atoms with Crippen molar-refractivity contribution in [1.29, 1.82) is 0 Å². The van der Waals surface area contributed by atoms with Crippen LogP contribution in [-0.4, -0.2) is 24.5 Å². The van der Waals surface area contributed by atoms with Gasteiger partial charge in [-0.15, -0.1) is 10.2 Å². The van der Waals surface area contributed by atoms with Crippen molar-refractivity contribution in [2.45, 2.75) is 10.6 Å². The molecule has 0 atom stereocenters. The number of aromatic nitrogens is 2. The van der Waals surface area contributed by atoms with Gasteiger partial charge < -0.3 is 0 Å². The molecule has 1 heterocycles. The lowest BCUT2D eigenvalue weighted by atomic mass is 10.2. The number of rotatable bonds is 5. The molecule has 26 heavy (non-hydrogen) atoms. The molecular formula is C16H11Cl2N3O3S2. The molecule has 134 valence electrons. The first-order chi connectivity index (χ1) is 12.4. The molecule has 1 amide bonds. The number of amides is 1. The van der Waals surface area contributed by atoms with E-state index in [2.05, 4.69) is 15.5 Å². The number of hydrogen-bond acceptors (Lipinski definition) is 6. The highest BCUT2D eigenvalue weighted by molar-refractivity contribution is 7.90. The lowest BCUT2D eigenvalue weighted by molar-refractivity contribution is 0.102. The summed E-state index contributed by atoms with van der Waals surface area (Å²) < 4.78 is 24.7. The minimum absolute atomic E-state index is 0.115. The van der Waals surface area contributed by atoms with Gasteiger partial charge in [0.25, 0.3) is 5.91 Å². The lowest BCUT2D eigenvalue weighted by Crippen LogP contribution is -2.12. The summed E-state index contributed by atoms with van der Waals surface area (Å²) in [6, 6.07) is 12.8. The largest absolute Gasteiger partial charge is 0.296 e. The van der Waals surface area contributed by atoms with Crippen molar-refractivity contribution < 1.29 is 13.2 Å². The van der Waals surface area contributed by atoms with Gasteiger partial charge in [-0.1, -0.05) is 58.8 Å². The average Bonchev–Trinajstić information content (AvgIpc) is 3.01. The zero-order valence-corrected chi connectivity index (χ0v) is 16.2. The van der Waals surface area contributed by atoms with Crippen molar-refractivity contribution in [3.8, 4) is 0 Å². The van der Waals surface area contributed by atoms with E-state index in [-0.39, 0.29) is 36.4 Å². The number of halogens is 2. The molecule has 1 aromatic heterocycles. The molecule has 0 saturated heterocycles. The second kappa shape index (κ2) is 7.71. The molecule has 3 aromatic rings. The summed E-state index contributed by atoms with van der Waals surface area (Å²) in [5.74, 6) is -0.855. The molecule has 0 fully saturated rings. The van der Waals surface area contributed by atoms with Crippen LogP contribution < -0.4 is 5.32 Å². The van der Waals surface area contributed by atoms with Crippen molar-refractivity contribution in [2.75, 3.05) is 5.32 Å². The number of nitrogens with zero attached hydrogens (tertiary/aromatic N) is 2. The summed E-state index contributed by atoms with van der Waals surface area (Å²) in [5, 5.41) is 11.0. The van der Waals surface area contributed by atoms with Crippen molar-refractivity contribution in [3.63, 3.8) is 0 Å². The lowest BCUT2D eigenvalue weighted by Gasteiger charge is -2.05. The number of anilines is 1. The third kappa shape index (κ3) is 4.21. The van der Waals surface area contributed by atoms with Gasteiger partial charge in [-0.25, -0.2) is 8.42 Å². The Balaban J connectivity index is 1.75. The van der Waals surface area contributed by atoms with E-state index in [0.717, 1.165) is 11.3 Å². The minimum Gasteiger partial charge on any atom is -0.296 e. The quantitative estimate of drug-likeness (QED) is 0.662. The van der Waals surface area contributed by atoms with E-state index in [1.54, 1.807) is 36.4 Å². The van der Waals surface area contributed by atoms with Crippen LogP contribution in [0, 0.1) is 0 Å². The number of hydrogen-bond donors (Lipinski definition) is 1. The van der Waals surface area contributed by atoms with Crippen molar-refractivity contribution in [1.82, 2.24) is 10.2 Å². The Bertz CT molecular complexity index is 1030. The molecule has 0 bridgehead atoms. The maximum Gasteiger partial charge on any atom is 0.260 e. The zero-order chi connectivity index (χ0) is 18.7. The Morgan fingerprint density at radius 3 is 2.31 bits per heavy atom. The number of carbonyl (C=O) groups is 1. The van der Waals surface area contributed by atoms with Gasteiger partial charge in [0.05, 0.1) is 20.5 Å². The van der Waals surface area contributed by atoms with Crippen LogP contribution in [0.5, 0.6) is 0 Å². The fraction of sp³-hybridized carbons (Fsp3) is 0.0625. The molecule has 0 aliphatic rings. The molecule has 3 rings (SSSR count). The first kappa shape index (κ1) is 18.8. The van der Waals surface area contributed by atoms with Crippen molar-refractivity contribution in [3.05, 3.63) is 69.1 Å². The van der Waals surface area contributed by atoms with Crippen LogP contribution in [0.1, 0.15) is 15.4 Å². The van der Waals surface area contributed by atoms with Crippen LogP contribution >= 0.6 is 34.5 Å². The van der Waals surface area contributed by atoms with E-state index in [1.807, 2.05) is 0 Å². The topological polar surface area (TPSA) is 89.0 Å². The number of carbonyl (C=O) groups excluding carboxylic acids is 1. The molecule has 6 nitrogen and oxygen atoms in total. The highest BCUT2D eigenvalue weighted by atomic mass is 35.5. The van der Waals surface area contributed by atoms with E-state index < -0.39 is 15.7 Å². The summed E-state index contributed by atoms with van der Waals surface area (Å²) in [6.45, 7) is 0. The van der Waals surface area contributed by atoms with Gasteiger partial charge in [-0.05, 0) is 24.3 Å². The van der Waals surface area contributed by atoms with Crippen LogP contribution in [0.3, 0.4) is 0 Å². The maximum atomic E-state index is 12.4. The first-order valence-electron chi connectivity index (χ1n) is 7.22. The zero-order valence-electron chi connectivity index (χ0n) is 13.0. The van der Waals surface area contributed by atoms with Crippen LogP contribution in [0.2, 0.25) is 10.0 Å². The molecular weight excluding hydrogens is 417 g/mol. The van der Waals surface area contributed by atoms with Gasteiger partial charge in [-0.2, -0.15) is 0 Å². The molecule has 0 saturated carbocycles. The predicted octanol–water partition coefficient (Wildman–Crippen LogP) is 4.07. The maximum absolute atomic E-state index is 12.4. The average molecular weight is 428 g/mol. The monoisotopic (exact) mass is 427 g/mol. The highest BCUT2D eigenvalue weighted by Gasteiger charge is 2.20. The number of nitrogens with one attached hydrogen (secondary N) is 1. The molecule has 1 N–H and O–H groups in total. The molecule has 0 aliphatic heterocycles. The normalized spacial score (nSPS) is 11.3. The summed E-state index contributed by atoms with van der Waals surface area (Å²) in [6.07, 6.45) is 0. The van der Waals surface area contributed by atoms with E-state index >= 15 is 0 Å². The number of sulfone groups is 1. The molecule has 0 unspecified atom stereocenters. The van der Waals surface area contributed by atoms with Crippen LogP contribution in [-0.2, 0) is 15.6 Å². The van der Waals surface area contributed by atoms with Crippen molar-refractivity contribution in [2.24, 2.45) is 0 Å². The summed E-state index contributed by atoms with van der Waals surface area (Å²) in [7, 11) is -3.54. The third-order valence-corrected chi connectivity index (χ3v) is 6.59. The smallest absolute Gasteiger partial charge is 0.260 e. The predicted molar refractivity (Wildman–Crippen MR) is 102 cm³/mol. The molecule has 10 heteroatoms. The van der Waals surface area contributed by atoms with Crippen molar-refractivity contribution >= 4 is 55.4 Å². The van der Waals surface area contributed by atoms with E-state index in [0.29, 0.717) is 0 Å². The van der Waals surface area contributed by atoms with Crippen LogP contribution in [0.25, 0.3) is 0 Å². The van der Waals surface area contributed by atoms with Gasteiger partial charge in [0.15, 0.2) is 9.84 Å². The summed E-state index contributed by atoms with van der Waals surface area (Å²) in [4.78, 5) is 12.5. The van der Waals surface area contributed by atoms with Gasteiger partial charge >= 0.3 is 0 Å². The Kier molecular flexibility index (Phi) is 5.57. The summed E-state index contributed by atoms with van der Waals surface area (Å²) in [5.41, 5.74) is 0.115. The fourth-order valence-electron chi connectivity index (χ4n) is 2.11. The summed E-state index contributed by atoms with van der Waals surface area (Å²) >= 11 is 13.0. The molecule has 0 radical (unpaired) electrons. The third-order valence-electron chi connectivity index (χ3n) is 3.29. The van der Waals surface area contributed by atoms with Gasteiger partial charge in [0.2, 0.25) is 5.13 Å². The van der Waals surface area contributed by atoms with Gasteiger partial charge in [0.1, 0.15) is 10.8 Å². The second-order valence-corrected chi connectivity index (χ2v) is 8.99. The SMILES string of the molecule is O=C(Nc1nnc(CS(=O)(=O)c2ccccc2)s1)c1c(Cl)cccc1Cl. The van der Waals surface area contributed by atoms with Crippen LogP contribution in [0.4, 0.5) is 5.13 Å². The highest BCUT2D eigenvalue weighted by Crippen LogP contribution is 2.26. The minimum atomic E-state index is -3.54. The van der Waals surface area contributed by atoms with Crippen LogP contribution in [0.15, 0.2) is 53.4 Å². The fourth-order valence-corrected chi connectivity index (χ4v) is 5.03. The molecule has 0 aliphatic carbocycles. The van der Waals surface area contributed by atoms with E-state index in [1.165, 1.54) is 12.1 Å². The van der Waals surface area contributed by atoms with E-state index in [4.69, 9.17) is 23.2 Å². The Morgan fingerprint density at radius 1 is 1.00 bits per heavy atom. The Hall–Kier alpha value is -2.00. The molecule has 0 spiro atoms. The van der Waals surface area contributed by atoms with E-state index in [9.17, 15) is 13.2 Å². The standard InChI is InChI=1S/C16H11Cl2N3O3S2/c17-11-7-4-8-12(18)14(11)15(22)19-16-21-20-13(25-16)9-26(23,24)10-5-2-1-3-6-10/h1-8H,9H2,(H,19,21,22). The second-order valence-electron chi connectivity index (χ2n) is 5.12. The Labute approximate surface area is 163 Å². The Morgan fingerprint density at radius 2 is 1.65 bits per heavy atom. The van der Waals surface area contributed by atoms with Gasteiger partial charge in [0, 0.05) is 0 Å².